The highest BCUT2D eigenvalue weighted by atomic mass is 32.2. The van der Waals surface area contributed by atoms with Crippen molar-refractivity contribution >= 4 is 44.2 Å². The van der Waals surface area contributed by atoms with Crippen LogP contribution in [0.15, 0.2) is 78.9 Å². The summed E-state index contributed by atoms with van der Waals surface area (Å²) in [4.78, 5) is 27.2. The zero-order chi connectivity index (χ0) is 25.5. The number of nitrogens with one attached hydrogen (secondary N) is 2. The third kappa shape index (κ3) is 6.09. The van der Waals surface area contributed by atoms with E-state index in [0.29, 0.717) is 16.9 Å². The van der Waals surface area contributed by atoms with Gasteiger partial charge in [-0.05, 0) is 54.1 Å². The number of benzene rings is 3. The predicted octanol–water partition coefficient (Wildman–Crippen LogP) is 2.45. The van der Waals surface area contributed by atoms with Gasteiger partial charge in [0, 0.05) is 55.3 Å². The number of carbonyl (C=O) groups excluding carboxylic acids is 1. The van der Waals surface area contributed by atoms with E-state index in [4.69, 9.17) is 0 Å². The first-order valence-corrected chi connectivity index (χ1v) is 12.5. The summed E-state index contributed by atoms with van der Waals surface area (Å²) >= 11 is 0. The molecule has 0 aliphatic carbocycles. The van der Waals surface area contributed by atoms with E-state index in [0.717, 1.165) is 37.4 Å². The number of carboxylic acids is 1. The molecule has 1 saturated heterocycles. The summed E-state index contributed by atoms with van der Waals surface area (Å²) in [6, 6.07) is 22.7. The number of hydrogen-bond donors (Lipinski definition) is 3. The molecule has 186 valence electrons. The molecule has 0 bridgehead atoms. The molecule has 3 aromatic rings. The van der Waals surface area contributed by atoms with Crippen molar-refractivity contribution in [1.29, 1.82) is 0 Å². The van der Waals surface area contributed by atoms with Crippen LogP contribution in [0.25, 0.3) is 0 Å². The Labute approximate surface area is 210 Å². The van der Waals surface area contributed by atoms with E-state index in [-0.39, 0.29) is 12.5 Å². The van der Waals surface area contributed by atoms with Gasteiger partial charge in [-0.2, -0.15) is 8.42 Å². The molecule has 9 nitrogen and oxygen atoms in total. The Morgan fingerprint density at radius 3 is 2.14 bits per heavy atom. The Bertz CT molecular complexity index is 1340. The second-order valence-corrected chi connectivity index (χ2v) is 9.06. The van der Waals surface area contributed by atoms with Gasteiger partial charge in [-0.3, -0.25) is 4.79 Å². The number of nitrogens with zero attached hydrogens (tertiary/aromatic N) is 2. The van der Waals surface area contributed by atoms with Crippen molar-refractivity contribution in [2.24, 2.45) is 0 Å². The van der Waals surface area contributed by atoms with Gasteiger partial charge in [0.1, 0.15) is 0 Å². The molecule has 0 aromatic heterocycles. The van der Waals surface area contributed by atoms with Crippen molar-refractivity contribution in [2.45, 2.75) is 6.54 Å². The molecule has 36 heavy (non-hydrogen) atoms. The Morgan fingerprint density at radius 1 is 0.917 bits per heavy atom. The van der Waals surface area contributed by atoms with Crippen LogP contribution in [0.2, 0.25) is 0 Å². The van der Waals surface area contributed by atoms with Crippen molar-refractivity contribution in [1.82, 2.24) is 5.32 Å². The molecule has 1 fully saturated rings. The summed E-state index contributed by atoms with van der Waals surface area (Å²) in [5, 5.41) is 15.7. The summed E-state index contributed by atoms with van der Waals surface area (Å²) in [5.41, 5.74) is 3.16. The summed E-state index contributed by atoms with van der Waals surface area (Å²) in [7, 11) is -2.98. The maximum Gasteiger partial charge on any atom is 0.368 e. The first kappa shape index (κ1) is 25.0. The van der Waals surface area contributed by atoms with E-state index in [9.17, 15) is 23.1 Å². The topological polar surface area (TPSA) is 119 Å². The molecule has 1 aliphatic heterocycles. The number of piperazine rings is 1. The average Bonchev–Trinajstić information content (AvgIpc) is 2.89. The third-order valence-electron chi connectivity index (χ3n) is 5.82. The fourth-order valence-corrected chi connectivity index (χ4v) is 4.49. The number of amides is 1. The molecule has 0 atom stereocenters. The summed E-state index contributed by atoms with van der Waals surface area (Å²) in [6.07, 6.45) is 0. The van der Waals surface area contributed by atoms with E-state index in [1.165, 1.54) is 29.2 Å². The number of hydrogen-bond acceptors (Lipinski definition) is 6. The molecule has 0 radical (unpaired) electrons. The van der Waals surface area contributed by atoms with E-state index < -0.39 is 21.3 Å². The van der Waals surface area contributed by atoms with Crippen LogP contribution in [0.4, 0.5) is 17.1 Å². The van der Waals surface area contributed by atoms with Gasteiger partial charge in [0.2, 0.25) is 15.3 Å². The van der Waals surface area contributed by atoms with Gasteiger partial charge in [-0.15, -0.1) is 0 Å². The fourth-order valence-electron chi connectivity index (χ4n) is 4.00. The van der Waals surface area contributed by atoms with Gasteiger partial charge >= 0.3 is 5.97 Å². The first-order valence-electron chi connectivity index (χ1n) is 11.4. The lowest BCUT2D eigenvalue weighted by Crippen LogP contribution is -2.43. The predicted molar refractivity (Wildman–Crippen MR) is 140 cm³/mol. The molecule has 1 aliphatic rings. The molecular weight excluding hydrogens is 480 g/mol. The summed E-state index contributed by atoms with van der Waals surface area (Å²) < 4.78 is 23.4. The summed E-state index contributed by atoms with van der Waals surface area (Å²) in [6.45, 7) is 3.77. The van der Waals surface area contributed by atoms with Crippen molar-refractivity contribution in [2.75, 3.05) is 41.3 Å². The maximum absolute atomic E-state index is 12.8. The smallest absolute Gasteiger partial charge is 0.368 e. The quantitative estimate of drug-likeness (QED) is 0.436. The highest BCUT2D eigenvalue weighted by molar-refractivity contribution is 7.75. The Kier molecular flexibility index (Phi) is 7.99. The van der Waals surface area contributed by atoms with Crippen LogP contribution in [-0.4, -0.2) is 56.6 Å². The molecule has 0 saturated carbocycles. The zero-order valence-electron chi connectivity index (χ0n) is 19.4. The molecule has 3 aromatic carbocycles. The number of aliphatic carboxylic acids is 1. The SMILES string of the molecule is O=C(O)C(N(Cc1ccccc1)c1ccc(C(=O)Nc2ccc(N3CCNCC3)cc2)cc1)=S(=O)=O. The molecule has 1 heterocycles. The highest BCUT2D eigenvalue weighted by Gasteiger charge is 2.23. The molecule has 0 unspecified atom stereocenters. The van der Waals surface area contributed by atoms with Gasteiger partial charge < -0.3 is 25.5 Å². The molecule has 1 amide bonds. The van der Waals surface area contributed by atoms with Gasteiger partial charge in [0.05, 0.1) is 0 Å². The van der Waals surface area contributed by atoms with Crippen molar-refractivity contribution in [3.63, 3.8) is 0 Å². The maximum atomic E-state index is 12.8. The van der Waals surface area contributed by atoms with Gasteiger partial charge in [0.25, 0.3) is 5.91 Å². The van der Waals surface area contributed by atoms with Crippen molar-refractivity contribution in [3.8, 4) is 0 Å². The first-order chi connectivity index (χ1) is 17.4. The molecule has 0 spiro atoms. The molecule has 10 heteroatoms. The molecule has 4 rings (SSSR count). The largest absolute Gasteiger partial charge is 0.476 e. The van der Waals surface area contributed by atoms with Gasteiger partial charge in [0.15, 0.2) is 0 Å². The normalized spacial score (nSPS) is 13.1. The van der Waals surface area contributed by atoms with Crippen LogP contribution >= 0.6 is 0 Å². The van der Waals surface area contributed by atoms with E-state index in [1.54, 1.807) is 24.3 Å². The molecule has 3 N–H and O–H groups in total. The fraction of sp³-hybridized carbons (Fsp3) is 0.192. The standard InChI is InChI=1S/C26H26N4O5S/c31-24(28-21-8-12-22(13-9-21)29-16-14-27-15-17-29)20-6-10-23(11-7-20)30(25(26(32)33)36(34)35)18-19-4-2-1-3-5-19/h1-13,27H,14-18H2,(H,28,31)(H,32,33). The van der Waals surface area contributed by atoms with E-state index >= 15 is 0 Å². The average molecular weight is 507 g/mol. The lowest BCUT2D eigenvalue weighted by atomic mass is 10.1. The number of anilines is 3. The number of rotatable bonds is 6. The lowest BCUT2D eigenvalue weighted by molar-refractivity contribution is -0.129. The van der Waals surface area contributed by atoms with Gasteiger partial charge in [-0.1, -0.05) is 30.3 Å². The van der Waals surface area contributed by atoms with Crippen molar-refractivity contribution in [3.05, 3.63) is 90.0 Å². The third-order valence-corrected chi connectivity index (χ3v) is 6.53. The second kappa shape index (κ2) is 11.5. The van der Waals surface area contributed by atoms with Crippen LogP contribution in [0.3, 0.4) is 0 Å². The minimum Gasteiger partial charge on any atom is -0.476 e. The number of carboxylic acid groups (broad SMARTS) is 1. The second-order valence-electron chi connectivity index (χ2n) is 8.20. The minimum atomic E-state index is -2.98. The zero-order valence-corrected chi connectivity index (χ0v) is 20.2. The van der Waals surface area contributed by atoms with Crippen LogP contribution in [0.1, 0.15) is 15.9 Å². The Hall–Kier alpha value is -4.15. The van der Waals surface area contributed by atoms with Crippen LogP contribution in [0, 0.1) is 0 Å². The Balaban J connectivity index is 1.50. The number of carbonyl (C=O) groups is 2. The minimum absolute atomic E-state index is 0.0292. The lowest BCUT2D eigenvalue weighted by Gasteiger charge is -2.29. The van der Waals surface area contributed by atoms with E-state index in [2.05, 4.69) is 15.5 Å². The summed E-state index contributed by atoms with van der Waals surface area (Å²) in [5.74, 6) is -1.90. The monoisotopic (exact) mass is 506 g/mol. The van der Waals surface area contributed by atoms with E-state index in [1.807, 2.05) is 30.3 Å². The highest BCUT2D eigenvalue weighted by Crippen LogP contribution is 2.21. The van der Waals surface area contributed by atoms with Crippen LogP contribution in [-0.2, 0) is 21.6 Å². The Morgan fingerprint density at radius 2 is 1.56 bits per heavy atom. The van der Waals surface area contributed by atoms with Crippen molar-refractivity contribution < 1.29 is 23.1 Å². The van der Waals surface area contributed by atoms with Crippen LogP contribution in [0.5, 0.6) is 0 Å². The van der Waals surface area contributed by atoms with Gasteiger partial charge in [-0.25, -0.2) is 4.79 Å². The molecular formula is C26H26N4O5S. The van der Waals surface area contributed by atoms with Crippen LogP contribution < -0.4 is 20.4 Å².